The van der Waals surface area contributed by atoms with Crippen molar-refractivity contribution < 1.29 is 14.3 Å². The van der Waals surface area contributed by atoms with Gasteiger partial charge in [-0.3, -0.25) is 4.79 Å². The first-order valence-corrected chi connectivity index (χ1v) is 8.61. The van der Waals surface area contributed by atoms with Crippen molar-refractivity contribution in [2.45, 2.75) is 34.1 Å². The van der Waals surface area contributed by atoms with Gasteiger partial charge in [-0.1, -0.05) is 24.6 Å². The Bertz CT molecular complexity index is 781. The van der Waals surface area contributed by atoms with E-state index in [9.17, 15) is 9.59 Å². The van der Waals surface area contributed by atoms with Crippen molar-refractivity contribution in [3.63, 3.8) is 0 Å². The molecule has 24 heavy (non-hydrogen) atoms. The number of amides is 1. The normalized spacial score (nSPS) is 10.5. The lowest BCUT2D eigenvalue weighted by Crippen LogP contribution is -2.13. The topological polar surface area (TPSA) is 81.4 Å². The van der Waals surface area contributed by atoms with Crippen LogP contribution in [0.1, 0.15) is 50.1 Å². The van der Waals surface area contributed by atoms with E-state index >= 15 is 0 Å². The van der Waals surface area contributed by atoms with Crippen molar-refractivity contribution in [1.29, 1.82) is 0 Å². The molecule has 0 unspecified atom stereocenters. The molecule has 2 aromatic rings. The van der Waals surface area contributed by atoms with Gasteiger partial charge in [0.2, 0.25) is 0 Å². The highest BCUT2D eigenvalue weighted by atomic mass is 32.1. The lowest BCUT2D eigenvalue weighted by atomic mass is 10.1. The molecule has 0 aliphatic heterocycles. The number of nitrogens with two attached hydrogens (primary N) is 1. The number of hydrogen-bond acceptors (Lipinski definition) is 5. The van der Waals surface area contributed by atoms with E-state index in [4.69, 9.17) is 10.5 Å². The van der Waals surface area contributed by atoms with E-state index in [1.807, 2.05) is 39.0 Å². The van der Waals surface area contributed by atoms with E-state index in [-0.39, 0.29) is 5.91 Å². The number of ether oxygens (including phenoxy) is 1. The van der Waals surface area contributed by atoms with Gasteiger partial charge in [-0.05, 0) is 44.4 Å². The molecule has 2 rings (SSSR count). The average Bonchev–Trinajstić information content (AvgIpc) is 2.82. The van der Waals surface area contributed by atoms with Crippen LogP contribution in [0.2, 0.25) is 0 Å². The van der Waals surface area contributed by atoms with E-state index in [0.717, 1.165) is 34.6 Å². The van der Waals surface area contributed by atoms with Crippen LogP contribution in [0.3, 0.4) is 0 Å². The molecular weight excluding hydrogens is 324 g/mol. The maximum absolute atomic E-state index is 12.6. The maximum atomic E-state index is 12.6. The Hall–Kier alpha value is -2.34. The lowest BCUT2D eigenvalue weighted by molar-refractivity contribution is 0.0506. The SMILES string of the molecule is CCCOC(=O)c1c(N)sc(C(=O)Nc2ccc(C)cc2C)c1C. The third kappa shape index (κ3) is 3.76. The van der Waals surface area contributed by atoms with Gasteiger partial charge in [0, 0.05) is 5.69 Å². The zero-order valence-electron chi connectivity index (χ0n) is 14.4. The summed E-state index contributed by atoms with van der Waals surface area (Å²) in [7, 11) is 0. The highest BCUT2D eigenvalue weighted by molar-refractivity contribution is 7.18. The van der Waals surface area contributed by atoms with Gasteiger partial charge in [0.05, 0.1) is 17.0 Å². The zero-order chi connectivity index (χ0) is 17.9. The summed E-state index contributed by atoms with van der Waals surface area (Å²) >= 11 is 1.10. The average molecular weight is 346 g/mol. The first-order chi connectivity index (χ1) is 11.3. The minimum atomic E-state index is -0.478. The molecule has 6 heteroatoms. The number of hydrogen-bond donors (Lipinski definition) is 2. The summed E-state index contributed by atoms with van der Waals surface area (Å²) in [6.45, 7) is 7.90. The molecule has 0 radical (unpaired) electrons. The summed E-state index contributed by atoms with van der Waals surface area (Å²) in [6.07, 6.45) is 0.731. The second-order valence-corrected chi connectivity index (χ2v) is 6.76. The van der Waals surface area contributed by atoms with Crippen LogP contribution < -0.4 is 11.1 Å². The molecular formula is C18H22N2O3S. The molecule has 0 fully saturated rings. The Morgan fingerprint density at radius 2 is 1.96 bits per heavy atom. The van der Waals surface area contributed by atoms with Crippen molar-refractivity contribution in [1.82, 2.24) is 0 Å². The van der Waals surface area contributed by atoms with E-state index in [1.165, 1.54) is 0 Å². The molecule has 1 heterocycles. The highest BCUT2D eigenvalue weighted by Gasteiger charge is 2.24. The number of rotatable bonds is 5. The van der Waals surface area contributed by atoms with Crippen LogP contribution in [0, 0.1) is 20.8 Å². The van der Waals surface area contributed by atoms with Gasteiger partial charge >= 0.3 is 5.97 Å². The minimum Gasteiger partial charge on any atom is -0.462 e. The molecule has 3 N–H and O–H groups in total. The summed E-state index contributed by atoms with van der Waals surface area (Å²) in [6, 6.07) is 5.80. The van der Waals surface area contributed by atoms with Crippen LogP contribution in [-0.2, 0) is 4.74 Å². The Kier molecular flexibility index (Phi) is 5.62. The zero-order valence-corrected chi connectivity index (χ0v) is 15.2. The number of nitrogens with one attached hydrogen (secondary N) is 1. The third-order valence-electron chi connectivity index (χ3n) is 3.65. The first kappa shape index (κ1) is 18.0. The molecule has 1 amide bonds. The molecule has 0 aliphatic rings. The monoisotopic (exact) mass is 346 g/mol. The van der Waals surface area contributed by atoms with Crippen LogP contribution in [0.4, 0.5) is 10.7 Å². The molecule has 0 saturated carbocycles. The van der Waals surface area contributed by atoms with Crippen molar-refractivity contribution >= 4 is 33.9 Å². The van der Waals surface area contributed by atoms with Crippen LogP contribution in [0.5, 0.6) is 0 Å². The van der Waals surface area contributed by atoms with Crippen molar-refractivity contribution in [3.05, 3.63) is 45.3 Å². The Balaban J connectivity index is 2.25. The van der Waals surface area contributed by atoms with Crippen LogP contribution in [-0.4, -0.2) is 18.5 Å². The molecule has 5 nitrogen and oxygen atoms in total. The van der Waals surface area contributed by atoms with Gasteiger partial charge in [-0.25, -0.2) is 4.79 Å². The second-order valence-electron chi connectivity index (χ2n) is 5.70. The van der Waals surface area contributed by atoms with E-state index in [1.54, 1.807) is 6.92 Å². The maximum Gasteiger partial charge on any atom is 0.341 e. The molecule has 0 bridgehead atoms. The quantitative estimate of drug-likeness (QED) is 0.800. The van der Waals surface area contributed by atoms with Gasteiger partial charge < -0.3 is 15.8 Å². The summed E-state index contributed by atoms with van der Waals surface area (Å²) in [5.74, 6) is -0.751. The summed E-state index contributed by atoms with van der Waals surface area (Å²) < 4.78 is 5.14. The summed E-state index contributed by atoms with van der Waals surface area (Å²) in [5.41, 5.74) is 9.63. The largest absolute Gasteiger partial charge is 0.462 e. The third-order valence-corrected chi connectivity index (χ3v) is 4.77. The number of nitrogen functional groups attached to an aromatic ring is 1. The molecule has 0 spiro atoms. The number of carbonyl (C=O) groups is 2. The van der Waals surface area contributed by atoms with Gasteiger partial charge in [-0.15, -0.1) is 11.3 Å². The fraction of sp³-hybridized carbons (Fsp3) is 0.333. The molecule has 1 aromatic heterocycles. The van der Waals surface area contributed by atoms with Gasteiger partial charge in [-0.2, -0.15) is 0 Å². The number of anilines is 2. The molecule has 0 aliphatic carbocycles. The van der Waals surface area contributed by atoms with Gasteiger partial charge in [0.25, 0.3) is 5.91 Å². The second kappa shape index (κ2) is 7.49. The van der Waals surface area contributed by atoms with E-state index < -0.39 is 5.97 Å². The summed E-state index contributed by atoms with van der Waals surface area (Å²) in [4.78, 5) is 25.1. The predicted octanol–water partition coefficient (Wildman–Crippen LogP) is 4.07. The van der Waals surface area contributed by atoms with Crippen molar-refractivity contribution in [2.75, 3.05) is 17.7 Å². The number of benzene rings is 1. The number of carbonyl (C=O) groups excluding carboxylic acids is 2. The van der Waals surface area contributed by atoms with Crippen molar-refractivity contribution in [3.8, 4) is 0 Å². The first-order valence-electron chi connectivity index (χ1n) is 7.79. The number of thiophene rings is 1. The Labute approximate surface area is 145 Å². The number of aryl methyl sites for hydroxylation is 2. The Morgan fingerprint density at radius 3 is 2.58 bits per heavy atom. The molecule has 1 aromatic carbocycles. The molecule has 0 atom stereocenters. The predicted molar refractivity (Wildman–Crippen MR) is 97.9 cm³/mol. The van der Waals surface area contributed by atoms with Gasteiger partial charge in [0.1, 0.15) is 5.00 Å². The Morgan fingerprint density at radius 1 is 1.25 bits per heavy atom. The lowest BCUT2D eigenvalue weighted by Gasteiger charge is -2.09. The standard InChI is InChI=1S/C18H22N2O3S/c1-5-8-23-18(22)14-12(4)15(24-16(14)19)17(21)20-13-7-6-10(2)9-11(13)3/h6-7,9H,5,8,19H2,1-4H3,(H,20,21). The van der Waals surface area contributed by atoms with Crippen LogP contribution in [0.15, 0.2) is 18.2 Å². The van der Waals surface area contributed by atoms with E-state index in [2.05, 4.69) is 5.32 Å². The van der Waals surface area contributed by atoms with E-state index in [0.29, 0.717) is 27.6 Å². The molecule has 128 valence electrons. The fourth-order valence-corrected chi connectivity index (χ4v) is 3.36. The van der Waals surface area contributed by atoms with Crippen LogP contribution >= 0.6 is 11.3 Å². The minimum absolute atomic E-state index is 0.273. The highest BCUT2D eigenvalue weighted by Crippen LogP contribution is 2.32. The molecule has 0 saturated heterocycles. The van der Waals surface area contributed by atoms with Gasteiger partial charge in [0.15, 0.2) is 0 Å². The van der Waals surface area contributed by atoms with Crippen molar-refractivity contribution in [2.24, 2.45) is 0 Å². The number of esters is 1. The fourth-order valence-electron chi connectivity index (χ4n) is 2.41. The van der Waals surface area contributed by atoms with Crippen LogP contribution in [0.25, 0.3) is 0 Å². The smallest absolute Gasteiger partial charge is 0.341 e. The summed E-state index contributed by atoms with van der Waals surface area (Å²) in [5, 5.41) is 3.19.